The van der Waals surface area contributed by atoms with Crippen LogP contribution in [0.5, 0.6) is 5.75 Å². The minimum Gasteiger partial charge on any atom is -0.507 e. The van der Waals surface area contributed by atoms with Crippen LogP contribution in [-0.4, -0.2) is 16.8 Å². The lowest BCUT2D eigenvalue weighted by molar-refractivity contribution is 0.129. The molecule has 0 saturated carbocycles. The van der Waals surface area contributed by atoms with Crippen LogP contribution in [-0.2, 0) is 0 Å². The predicted molar refractivity (Wildman–Crippen MR) is 63.0 cm³/mol. The lowest BCUT2D eigenvalue weighted by Gasteiger charge is -2.30. The van der Waals surface area contributed by atoms with Gasteiger partial charge in [-0.15, -0.1) is 12.4 Å². The summed E-state index contributed by atoms with van der Waals surface area (Å²) in [6, 6.07) is -0.705. The van der Waals surface area contributed by atoms with Gasteiger partial charge in [0.05, 0.1) is 5.56 Å². The average molecular weight is 286 g/mol. The number of phenols is 1. The molecule has 0 bridgehead atoms. The highest BCUT2D eigenvalue weighted by Crippen LogP contribution is 2.38. The standard InChI is InChI=1S/C11H14F3NO2.ClH/c1-11(2,4-16)10(15)7-6(17)3-5(12)8(13)9(7)14;/h3,10,16-17H,4,15H2,1-2H3;1H/t10-;/m1./s1. The fourth-order valence-corrected chi connectivity index (χ4v) is 1.38. The molecule has 0 aliphatic heterocycles. The van der Waals surface area contributed by atoms with Crippen molar-refractivity contribution in [3.05, 3.63) is 29.1 Å². The zero-order chi connectivity index (χ0) is 13.4. The lowest BCUT2D eigenvalue weighted by atomic mass is 9.81. The number of aliphatic hydroxyl groups excluding tert-OH is 1. The molecule has 104 valence electrons. The van der Waals surface area contributed by atoms with E-state index < -0.39 is 46.8 Å². The normalized spacial score (nSPS) is 13.1. The van der Waals surface area contributed by atoms with E-state index >= 15 is 0 Å². The molecule has 4 N–H and O–H groups in total. The number of phenolic OH excluding ortho intramolecular Hbond substituents is 1. The Labute approximate surface area is 109 Å². The smallest absolute Gasteiger partial charge is 0.195 e. The molecule has 0 spiro atoms. The van der Waals surface area contributed by atoms with Crippen LogP contribution in [0.4, 0.5) is 13.2 Å². The van der Waals surface area contributed by atoms with Gasteiger partial charge in [0.1, 0.15) is 5.75 Å². The van der Waals surface area contributed by atoms with Gasteiger partial charge in [-0.2, -0.15) is 0 Å². The van der Waals surface area contributed by atoms with Gasteiger partial charge in [-0.05, 0) is 0 Å². The van der Waals surface area contributed by atoms with Crippen molar-refractivity contribution in [2.45, 2.75) is 19.9 Å². The Bertz CT molecular complexity index is 441. The van der Waals surface area contributed by atoms with E-state index in [0.29, 0.717) is 6.07 Å². The molecule has 0 saturated heterocycles. The summed E-state index contributed by atoms with van der Waals surface area (Å²) >= 11 is 0. The Hall–Kier alpha value is -0.980. The molecule has 0 fully saturated rings. The van der Waals surface area contributed by atoms with E-state index in [0.717, 1.165) is 0 Å². The molecule has 1 aromatic carbocycles. The van der Waals surface area contributed by atoms with E-state index in [1.165, 1.54) is 13.8 Å². The van der Waals surface area contributed by atoms with E-state index in [9.17, 15) is 18.3 Å². The van der Waals surface area contributed by atoms with Crippen molar-refractivity contribution in [3.63, 3.8) is 0 Å². The minimum atomic E-state index is -1.69. The van der Waals surface area contributed by atoms with Crippen LogP contribution in [0.15, 0.2) is 6.07 Å². The van der Waals surface area contributed by atoms with Crippen LogP contribution < -0.4 is 5.73 Å². The van der Waals surface area contributed by atoms with E-state index in [4.69, 9.17) is 10.8 Å². The van der Waals surface area contributed by atoms with Crippen LogP contribution in [0.3, 0.4) is 0 Å². The van der Waals surface area contributed by atoms with Crippen LogP contribution in [0.25, 0.3) is 0 Å². The third-order valence-electron chi connectivity index (χ3n) is 2.74. The summed E-state index contributed by atoms with van der Waals surface area (Å²) in [5.41, 5.74) is 4.13. The van der Waals surface area contributed by atoms with E-state index in [-0.39, 0.29) is 12.4 Å². The van der Waals surface area contributed by atoms with Gasteiger partial charge in [-0.25, -0.2) is 13.2 Å². The molecule has 0 aromatic heterocycles. The molecule has 18 heavy (non-hydrogen) atoms. The van der Waals surface area contributed by atoms with Crippen molar-refractivity contribution in [2.75, 3.05) is 6.61 Å². The highest BCUT2D eigenvalue weighted by Gasteiger charge is 2.33. The fraction of sp³-hybridized carbons (Fsp3) is 0.455. The molecule has 1 aromatic rings. The van der Waals surface area contributed by atoms with E-state index in [1.54, 1.807) is 0 Å². The largest absolute Gasteiger partial charge is 0.507 e. The highest BCUT2D eigenvalue weighted by molar-refractivity contribution is 5.85. The average Bonchev–Trinajstić information content (AvgIpc) is 2.26. The number of nitrogens with two attached hydrogens (primary N) is 1. The molecule has 0 unspecified atom stereocenters. The highest BCUT2D eigenvalue weighted by atomic mass is 35.5. The van der Waals surface area contributed by atoms with Crippen LogP contribution in [0.2, 0.25) is 0 Å². The summed E-state index contributed by atoms with van der Waals surface area (Å²) in [5, 5.41) is 18.5. The molecule has 7 heteroatoms. The number of hydrogen-bond acceptors (Lipinski definition) is 3. The van der Waals surface area contributed by atoms with Gasteiger partial charge >= 0.3 is 0 Å². The molecule has 0 aliphatic rings. The topological polar surface area (TPSA) is 66.5 Å². The SMILES string of the molecule is CC(C)(CO)[C@H](N)c1c(O)cc(F)c(F)c1F.Cl. The monoisotopic (exact) mass is 285 g/mol. The second-order valence-electron chi connectivity index (χ2n) is 4.54. The van der Waals surface area contributed by atoms with Crippen LogP contribution in [0.1, 0.15) is 25.5 Å². The molecule has 1 rings (SSSR count). The zero-order valence-corrected chi connectivity index (χ0v) is 10.7. The maximum Gasteiger partial charge on any atom is 0.195 e. The number of hydrogen-bond donors (Lipinski definition) is 3. The molecule has 1 atom stereocenters. The summed E-state index contributed by atoms with van der Waals surface area (Å²) < 4.78 is 39.3. The Balaban J connectivity index is 0.00000289. The van der Waals surface area contributed by atoms with Crippen molar-refractivity contribution in [1.82, 2.24) is 0 Å². The number of aromatic hydroxyl groups is 1. The zero-order valence-electron chi connectivity index (χ0n) is 9.88. The first kappa shape index (κ1) is 17.0. The van der Waals surface area contributed by atoms with Gasteiger partial charge in [0.25, 0.3) is 0 Å². The van der Waals surface area contributed by atoms with Crippen molar-refractivity contribution < 1.29 is 23.4 Å². The molecule has 0 radical (unpaired) electrons. The van der Waals surface area contributed by atoms with E-state index in [2.05, 4.69) is 0 Å². The van der Waals surface area contributed by atoms with Crippen molar-refractivity contribution in [2.24, 2.45) is 11.1 Å². The van der Waals surface area contributed by atoms with Gasteiger partial charge < -0.3 is 15.9 Å². The van der Waals surface area contributed by atoms with Crippen molar-refractivity contribution >= 4 is 12.4 Å². The minimum absolute atomic E-state index is 0. The second kappa shape index (κ2) is 5.77. The third kappa shape index (κ3) is 2.88. The number of benzene rings is 1. The first-order valence-corrected chi connectivity index (χ1v) is 4.95. The Kier molecular flexibility index (Phi) is 5.46. The first-order valence-electron chi connectivity index (χ1n) is 4.95. The molecule has 0 amide bonds. The van der Waals surface area contributed by atoms with Crippen LogP contribution in [0, 0.1) is 22.9 Å². The number of aliphatic hydroxyl groups is 1. The Morgan fingerprint density at radius 1 is 1.28 bits per heavy atom. The quantitative estimate of drug-likeness (QED) is 0.746. The Morgan fingerprint density at radius 3 is 2.22 bits per heavy atom. The molecule has 3 nitrogen and oxygen atoms in total. The summed E-state index contributed by atoms with van der Waals surface area (Å²) in [6.07, 6.45) is 0. The van der Waals surface area contributed by atoms with Gasteiger partial charge in [-0.3, -0.25) is 0 Å². The predicted octanol–water partition coefficient (Wildman–Crippen LogP) is 2.25. The molecule has 0 heterocycles. The van der Waals surface area contributed by atoms with Crippen LogP contribution >= 0.6 is 12.4 Å². The maximum atomic E-state index is 13.5. The van der Waals surface area contributed by atoms with Gasteiger partial charge in [0, 0.05) is 24.1 Å². The fourth-order valence-electron chi connectivity index (χ4n) is 1.38. The molecule has 0 aliphatic carbocycles. The summed E-state index contributed by atoms with van der Waals surface area (Å²) in [6.45, 7) is 2.63. The van der Waals surface area contributed by atoms with Crippen molar-refractivity contribution in [1.29, 1.82) is 0 Å². The Morgan fingerprint density at radius 2 is 1.78 bits per heavy atom. The summed E-state index contributed by atoms with van der Waals surface area (Å²) in [5.74, 6) is -5.48. The lowest BCUT2D eigenvalue weighted by Crippen LogP contribution is -2.33. The van der Waals surface area contributed by atoms with Gasteiger partial charge in [-0.1, -0.05) is 13.8 Å². The number of halogens is 4. The number of rotatable bonds is 3. The summed E-state index contributed by atoms with van der Waals surface area (Å²) in [7, 11) is 0. The van der Waals surface area contributed by atoms with Gasteiger partial charge in [0.2, 0.25) is 0 Å². The second-order valence-corrected chi connectivity index (χ2v) is 4.54. The van der Waals surface area contributed by atoms with Gasteiger partial charge in [0.15, 0.2) is 17.5 Å². The summed E-state index contributed by atoms with van der Waals surface area (Å²) in [4.78, 5) is 0. The van der Waals surface area contributed by atoms with E-state index in [1.807, 2.05) is 0 Å². The maximum absolute atomic E-state index is 13.5. The van der Waals surface area contributed by atoms with Crippen molar-refractivity contribution in [3.8, 4) is 5.75 Å². The molecular formula is C11H15ClF3NO2. The first-order chi connectivity index (χ1) is 7.72. The third-order valence-corrected chi connectivity index (χ3v) is 2.74. The molecular weight excluding hydrogens is 271 g/mol.